The summed E-state index contributed by atoms with van der Waals surface area (Å²) >= 11 is 0. The van der Waals surface area contributed by atoms with E-state index in [1.54, 1.807) is 0 Å². The van der Waals surface area contributed by atoms with Crippen LogP contribution in [0, 0.1) is 24.0 Å². The summed E-state index contributed by atoms with van der Waals surface area (Å²) < 4.78 is 0. The van der Waals surface area contributed by atoms with E-state index in [0.717, 1.165) is 24.7 Å². The van der Waals surface area contributed by atoms with Gasteiger partial charge in [0.05, 0.1) is 0 Å². The number of benzene rings is 6. The SMILES string of the molecule is CCCC(C)C1=[C-]CC=C1.CCCC(C)C1=[C-]CC=C1.[F-].[F-].[Ti+2].[Ti+2].c1ccc(P(c2ccccc2)c2cc3ccccc3[cH-]2)cc1.c1ccc(P(c2ccccc2)c2cc3ccccc3[cH-]2)cc1. The van der Waals surface area contributed by atoms with Crippen LogP contribution in [0.1, 0.15) is 66.2 Å². The van der Waals surface area contributed by atoms with Gasteiger partial charge in [0.2, 0.25) is 0 Å². The maximum absolute atomic E-state index is 3.35. The fraction of sp³-hybridized carbons (Fsp3) is 0.194. The Hall–Kier alpha value is -4.35. The van der Waals surface area contributed by atoms with Gasteiger partial charge in [0.1, 0.15) is 0 Å². The Morgan fingerprint density at radius 3 is 1.00 bits per heavy atom. The van der Waals surface area contributed by atoms with E-state index in [2.05, 4.69) is 258 Å². The Morgan fingerprint density at radius 2 is 0.735 bits per heavy atom. The van der Waals surface area contributed by atoms with Gasteiger partial charge in [0, 0.05) is 0 Å². The molecule has 6 heteroatoms. The van der Waals surface area contributed by atoms with Crippen LogP contribution < -0.4 is 41.2 Å². The molecule has 0 amide bonds. The minimum Gasteiger partial charge on any atom is -1.00 e. The van der Waals surface area contributed by atoms with Gasteiger partial charge in [-0.2, -0.15) is 24.3 Å². The maximum Gasteiger partial charge on any atom is 2.00 e. The minimum atomic E-state index is -0.493. The topological polar surface area (TPSA) is 0 Å². The third-order valence-electron chi connectivity index (χ3n) is 11.7. The van der Waals surface area contributed by atoms with E-state index in [1.165, 1.54) is 90.2 Å². The third-order valence-corrected chi connectivity index (χ3v) is 16.5. The first kappa shape index (κ1) is 58.0. The monoisotopic (exact) mass is 1000 g/mol. The predicted molar refractivity (Wildman–Crippen MR) is 286 cm³/mol. The van der Waals surface area contributed by atoms with Crippen LogP contribution in [0.4, 0.5) is 0 Å². The first-order chi connectivity index (χ1) is 31.5. The summed E-state index contributed by atoms with van der Waals surface area (Å²) in [5.74, 6) is 1.45. The minimum absolute atomic E-state index is 0. The molecule has 0 aromatic heterocycles. The molecule has 0 saturated heterocycles. The molecule has 2 aliphatic carbocycles. The standard InChI is InChI=1S/2C21H16P.2C10H15.2FH.2Ti/c2*1-3-11-19(12-4-1)22(20-13-5-2-6-14-20)21-15-17-9-7-8-10-18(17)16-21;2*1-3-6-9(2)10-7-4-5-8-10;;;;/h2*1-16H;2*4,7,9H,3,5-6H2,1-2H3;2*1H;;/q4*-1;;;2*+2/p-2. The van der Waals surface area contributed by atoms with E-state index in [4.69, 9.17) is 0 Å². The van der Waals surface area contributed by atoms with Gasteiger partial charge in [-0.25, -0.2) is 23.3 Å². The molecule has 2 atom stereocenters. The van der Waals surface area contributed by atoms with E-state index in [0.29, 0.717) is 0 Å². The smallest absolute Gasteiger partial charge is 1.00 e. The molecule has 0 fully saturated rings. The molecule has 2 aliphatic rings. The van der Waals surface area contributed by atoms with Crippen molar-refractivity contribution in [3.8, 4) is 0 Å². The number of hydrogen-bond acceptors (Lipinski definition) is 0. The molecule has 0 aliphatic heterocycles. The van der Waals surface area contributed by atoms with Crippen LogP contribution in [-0.2, 0) is 43.4 Å². The number of rotatable bonds is 12. The molecule has 68 heavy (non-hydrogen) atoms. The van der Waals surface area contributed by atoms with Crippen molar-refractivity contribution >= 4 is 69.2 Å². The van der Waals surface area contributed by atoms with Gasteiger partial charge < -0.3 is 9.41 Å². The van der Waals surface area contributed by atoms with Crippen molar-refractivity contribution in [2.45, 2.75) is 66.2 Å². The molecule has 10 rings (SSSR count). The van der Waals surface area contributed by atoms with Crippen LogP contribution in [0.5, 0.6) is 0 Å². The summed E-state index contributed by atoms with van der Waals surface area (Å²) in [5.41, 5.74) is 2.84. The van der Waals surface area contributed by atoms with Crippen molar-refractivity contribution in [1.29, 1.82) is 0 Å². The van der Waals surface area contributed by atoms with E-state index in [-0.39, 0.29) is 52.8 Å². The van der Waals surface area contributed by atoms with E-state index in [1.807, 2.05) is 0 Å². The first-order valence-electron chi connectivity index (χ1n) is 23.2. The summed E-state index contributed by atoms with van der Waals surface area (Å²) in [6, 6.07) is 70.0. The van der Waals surface area contributed by atoms with Gasteiger partial charge in [-0.1, -0.05) is 186 Å². The predicted octanol–water partition coefficient (Wildman–Crippen LogP) is 8.86. The molecule has 344 valence electrons. The van der Waals surface area contributed by atoms with Gasteiger partial charge in [0.25, 0.3) is 0 Å². The number of allylic oxidation sites excluding steroid dienone is 8. The van der Waals surface area contributed by atoms with Crippen LogP contribution in [0.15, 0.2) is 230 Å². The van der Waals surface area contributed by atoms with Crippen molar-refractivity contribution in [1.82, 2.24) is 0 Å². The Bertz CT molecular complexity index is 2400. The van der Waals surface area contributed by atoms with Crippen molar-refractivity contribution in [2.75, 3.05) is 0 Å². The van der Waals surface area contributed by atoms with Crippen LogP contribution in [0.2, 0.25) is 0 Å². The molecule has 0 saturated carbocycles. The fourth-order valence-corrected chi connectivity index (χ4v) is 13.2. The number of halogens is 2. The van der Waals surface area contributed by atoms with Gasteiger partial charge in [0.15, 0.2) is 0 Å². The third kappa shape index (κ3) is 16.4. The van der Waals surface area contributed by atoms with Crippen LogP contribution in [-0.4, -0.2) is 0 Å². The molecule has 8 aromatic rings. The molecule has 0 N–H and O–H groups in total. The fourth-order valence-electron chi connectivity index (χ4n) is 8.43. The summed E-state index contributed by atoms with van der Waals surface area (Å²) in [6.07, 6.45) is 22.7. The van der Waals surface area contributed by atoms with Crippen molar-refractivity contribution in [2.24, 2.45) is 11.8 Å². The molecule has 0 radical (unpaired) electrons. The molecule has 0 nitrogen and oxygen atoms in total. The Balaban J connectivity index is 0.000000251. The summed E-state index contributed by atoms with van der Waals surface area (Å²) in [5, 5.41) is 13.8. The summed E-state index contributed by atoms with van der Waals surface area (Å²) in [4.78, 5) is 0. The van der Waals surface area contributed by atoms with Crippen LogP contribution in [0.3, 0.4) is 0 Å². The summed E-state index contributed by atoms with van der Waals surface area (Å²) in [7, 11) is -0.986. The molecule has 0 spiro atoms. The van der Waals surface area contributed by atoms with Crippen LogP contribution in [0.25, 0.3) is 21.5 Å². The molecule has 0 heterocycles. The second-order valence-electron chi connectivity index (χ2n) is 16.6. The molecule has 0 bridgehead atoms. The van der Waals surface area contributed by atoms with Crippen LogP contribution >= 0.6 is 15.8 Å². The average Bonchev–Trinajstić information content (AvgIpc) is 4.20. The molecule has 8 aromatic carbocycles. The zero-order valence-corrected chi connectivity index (χ0v) is 44.7. The zero-order chi connectivity index (χ0) is 44.4. The molecular formula is C62H62F2P2Ti2-2. The molecule has 2 unspecified atom stereocenters. The van der Waals surface area contributed by atoms with E-state index in [9.17, 15) is 0 Å². The van der Waals surface area contributed by atoms with Gasteiger partial charge >= 0.3 is 43.4 Å². The zero-order valence-electron chi connectivity index (χ0n) is 39.8. The second kappa shape index (κ2) is 31.0. The summed E-state index contributed by atoms with van der Waals surface area (Å²) in [6.45, 7) is 9.02. The average molecular weight is 1000 g/mol. The Labute approximate surface area is 438 Å². The van der Waals surface area contributed by atoms with Gasteiger partial charge in [-0.3, -0.25) is 12.2 Å². The second-order valence-corrected chi connectivity index (χ2v) is 21.0. The van der Waals surface area contributed by atoms with E-state index >= 15 is 0 Å². The quantitative estimate of drug-likeness (QED) is 0.0653. The van der Waals surface area contributed by atoms with Crippen molar-refractivity contribution in [3.05, 3.63) is 242 Å². The first-order valence-corrected chi connectivity index (χ1v) is 25.9. The Kier molecular flexibility index (Phi) is 26.4. The van der Waals surface area contributed by atoms with Crippen molar-refractivity contribution < 1.29 is 52.8 Å². The number of fused-ring (bicyclic) bond motifs is 2. The van der Waals surface area contributed by atoms with E-state index < -0.39 is 15.8 Å². The molecular weight excluding hydrogens is 940 g/mol. The largest absolute Gasteiger partial charge is 2.00 e. The maximum atomic E-state index is 3.35. The van der Waals surface area contributed by atoms with Crippen molar-refractivity contribution in [3.63, 3.8) is 0 Å². The number of hydrogen-bond donors (Lipinski definition) is 0. The Morgan fingerprint density at radius 1 is 0.441 bits per heavy atom. The normalized spacial score (nSPS) is 12.9. The van der Waals surface area contributed by atoms with Gasteiger partial charge in [-0.05, 0) is 49.9 Å². The van der Waals surface area contributed by atoms with Gasteiger partial charge in [-0.15, -0.1) is 93.5 Å².